The summed E-state index contributed by atoms with van der Waals surface area (Å²) in [4.78, 5) is 0. The quantitative estimate of drug-likeness (QED) is 0.374. The number of nitrogens with one attached hydrogen (secondary N) is 2. The van der Waals surface area contributed by atoms with Crippen molar-refractivity contribution in [2.75, 3.05) is 33.4 Å². The van der Waals surface area contributed by atoms with Gasteiger partial charge < -0.3 is 20.1 Å². The lowest BCUT2D eigenvalue weighted by Gasteiger charge is -2.19. The van der Waals surface area contributed by atoms with Crippen LogP contribution in [0.5, 0.6) is 11.5 Å². The number of hydrogen-bond donors (Lipinski definition) is 2. The molecule has 29 heavy (non-hydrogen) atoms. The summed E-state index contributed by atoms with van der Waals surface area (Å²) in [5.74, 6) is 1.88. The molecule has 0 radical (unpaired) electrons. The minimum Gasteiger partial charge on any atom is -0.494 e. The predicted octanol–water partition coefficient (Wildman–Crippen LogP) is 5.36. The molecule has 0 bridgehead atoms. The standard InChI is InChI=1S/C25H38N2O2/c1-3-4-13-25(27-19-10-18-26-2)22-14-16-24(17-15-22)29-21-9-8-20-28-23-11-6-5-7-12-23/h5-7,11-12,14-17,25-27H,3-4,8-10,13,18-21H2,1-2H3. The van der Waals surface area contributed by atoms with Gasteiger partial charge in [0.2, 0.25) is 0 Å². The van der Waals surface area contributed by atoms with Crippen LogP contribution in [0, 0.1) is 0 Å². The van der Waals surface area contributed by atoms with E-state index in [-0.39, 0.29) is 0 Å². The van der Waals surface area contributed by atoms with Crippen molar-refractivity contribution in [3.8, 4) is 11.5 Å². The fourth-order valence-electron chi connectivity index (χ4n) is 3.23. The van der Waals surface area contributed by atoms with E-state index in [1.807, 2.05) is 37.4 Å². The summed E-state index contributed by atoms with van der Waals surface area (Å²) in [5.41, 5.74) is 1.35. The smallest absolute Gasteiger partial charge is 0.119 e. The third-order valence-electron chi connectivity index (χ3n) is 4.94. The van der Waals surface area contributed by atoms with Crippen molar-refractivity contribution in [3.05, 3.63) is 60.2 Å². The van der Waals surface area contributed by atoms with Crippen molar-refractivity contribution >= 4 is 0 Å². The first-order valence-corrected chi connectivity index (χ1v) is 11.1. The molecule has 0 aliphatic heterocycles. The maximum Gasteiger partial charge on any atom is 0.119 e. The highest BCUT2D eigenvalue weighted by Crippen LogP contribution is 2.22. The molecule has 0 aromatic heterocycles. The van der Waals surface area contributed by atoms with E-state index in [1.165, 1.54) is 24.8 Å². The van der Waals surface area contributed by atoms with Crippen LogP contribution in [0.25, 0.3) is 0 Å². The highest BCUT2D eigenvalue weighted by atomic mass is 16.5. The normalized spacial score (nSPS) is 11.9. The van der Waals surface area contributed by atoms with Crippen molar-refractivity contribution in [3.63, 3.8) is 0 Å². The average molecular weight is 399 g/mol. The van der Waals surface area contributed by atoms with Gasteiger partial charge in [-0.2, -0.15) is 0 Å². The molecule has 2 N–H and O–H groups in total. The lowest BCUT2D eigenvalue weighted by atomic mass is 10.0. The minimum atomic E-state index is 0.427. The first-order chi connectivity index (χ1) is 14.3. The van der Waals surface area contributed by atoms with Crippen LogP contribution in [-0.2, 0) is 0 Å². The van der Waals surface area contributed by atoms with Gasteiger partial charge in [-0.15, -0.1) is 0 Å². The van der Waals surface area contributed by atoms with Gasteiger partial charge in [0.05, 0.1) is 13.2 Å². The van der Waals surface area contributed by atoms with Crippen LogP contribution in [0.15, 0.2) is 54.6 Å². The maximum absolute atomic E-state index is 5.90. The summed E-state index contributed by atoms with van der Waals surface area (Å²) in [6.07, 6.45) is 6.77. The molecule has 2 aromatic carbocycles. The average Bonchev–Trinajstić information content (AvgIpc) is 2.77. The number of hydrogen-bond acceptors (Lipinski definition) is 4. The molecule has 0 heterocycles. The molecule has 0 fully saturated rings. The van der Waals surface area contributed by atoms with Crippen LogP contribution in [0.1, 0.15) is 57.1 Å². The lowest BCUT2D eigenvalue weighted by molar-refractivity contribution is 0.266. The zero-order valence-corrected chi connectivity index (χ0v) is 18.2. The predicted molar refractivity (Wildman–Crippen MR) is 122 cm³/mol. The van der Waals surface area contributed by atoms with E-state index in [2.05, 4.69) is 41.8 Å². The third-order valence-corrected chi connectivity index (χ3v) is 4.94. The molecule has 2 aromatic rings. The number of rotatable bonds is 16. The third kappa shape index (κ3) is 9.82. The number of para-hydroxylation sites is 1. The van der Waals surface area contributed by atoms with Gasteiger partial charge in [0.15, 0.2) is 0 Å². The van der Waals surface area contributed by atoms with Crippen molar-refractivity contribution < 1.29 is 9.47 Å². The Labute approximate surface area is 177 Å². The number of ether oxygens (including phenoxy) is 2. The Morgan fingerprint density at radius 2 is 1.41 bits per heavy atom. The Morgan fingerprint density at radius 1 is 0.759 bits per heavy atom. The molecular weight excluding hydrogens is 360 g/mol. The topological polar surface area (TPSA) is 42.5 Å². The van der Waals surface area contributed by atoms with E-state index in [1.54, 1.807) is 0 Å². The summed E-state index contributed by atoms with van der Waals surface area (Å²) in [6.45, 7) is 5.79. The summed E-state index contributed by atoms with van der Waals surface area (Å²) >= 11 is 0. The van der Waals surface area contributed by atoms with Crippen molar-refractivity contribution in [1.82, 2.24) is 10.6 Å². The first-order valence-electron chi connectivity index (χ1n) is 11.1. The monoisotopic (exact) mass is 398 g/mol. The summed E-state index contributed by atoms with van der Waals surface area (Å²) < 4.78 is 11.6. The van der Waals surface area contributed by atoms with E-state index in [4.69, 9.17) is 9.47 Å². The van der Waals surface area contributed by atoms with E-state index in [9.17, 15) is 0 Å². The van der Waals surface area contributed by atoms with Gasteiger partial charge in [0, 0.05) is 6.04 Å². The number of unbranched alkanes of at least 4 members (excludes halogenated alkanes) is 2. The van der Waals surface area contributed by atoms with Crippen LogP contribution < -0.4 is 20.1 Å². The SMILES string of the molecule is CCCCC(NCCCNC)c1ccc(OCCCCOc2ccccc2)cc1. The van der Waals surface area contributed by atoms with Crippen molar-refractivity contribution in [1.29, 1.82) is 0 Å². The Balaban J connectivity index is 1.68. The highest BCUT2D eigenvalue weighted by Gasteiger charge is 2.10. The molecule has 0 saturated heterocycles. The Hall–Kier alpha value is -2.04. The van der Waals surface area contributed by atoms with Crippen LogP contribution in [0.3, 0.4) is 0 Å². The molecule has 0 aliphatic rings. The molecule has 0 saturated carbocycles. The molecule has 0 spiro atoms. The fraction of sp³-hybridized carbons (Fsp3) is 0.520. The van der Waals surface area contributed by atoms with E-state index < -0.39 is 0 Å². The number of benzene rings is 2. The summed E-state index contributed by atoms with van der Waals surface area (Å²) in [6, 6.07) is 19.0. The van der Waals surface area contributed by atoms with E-state index in [0.29, 0.717) is 6.04 Å². The van der Waals surface area contributed by atoms with Gasteiger partial charge in [0.1, 0.15) is 11.5 Å². The largest absolute Gasteiger partial charge is 0.494 e. The minimum absolute atomic E-state index is 0.427. The van der Waals surface area contributed by atoms with Gasteiger partial charge in [-0.25, -0.2) is 0 Å². The van der Waals surface area contributed by atoms with Crippen molar-refractivity contribution in [2.45, 2.75) is 51.5 Å². The lowest BCUT2D eigenvalue weighted by Crippen LogP contribution is -2.25. The fourth-order valence-corrected chi connectivity index (χ4v) is 3.23. The molecule has 4 nitrogen and oxygen atoms in total. The van der Waals surface area contributed by atoms with Crippen molar-refractivity contribution in [2.24, 2.45) is 0 Å². The van der Waals surface area contributed by atoms with E-state index >= 15 is 0 Å². The zero-order valence-electron chi connectivity index (χ0n) is 18.2. The molecule has 1 atom stereocenters. The van der Waals surface area contributed by atoms with Gasteiger partial charge in [0.25, 0.3) is 0 Å². The molecule has 2 rings (SSSR count). The molecule has 1 unspecified atom stereocenters. The van der Waals surface area contributed by atoms with Gasteiger partial charge >= 0.3 is 0 Å². The Bertz CT molecular complexity index is 631. The second-order valence-corrected chi connectivity index (χ2v) is 7.39. The summed E-state index contributed by atoms with van der Waals surface area (Å²) in [5, 5.41) is 6.92. The molecule has 0 amide bonds. The Kier molecular flexibility index (Phi) is 11.9. The second kappa shape index (κ2) is 14.9. The second-order valence-electron chi connectivity index (χ2n) is 7.39. The molecular formula is C25H38N2O2. The van der Waals surface area contributed by atoms with Gasteiger partial charge in [-0.1, -0.05) is 50.1 Å². The van der Waals surface area contributed by atoms with Crippen LogP contribution >= 0.6 is 0 Å². The molecule has 4 heteroatoms. The van der Waals surface area contributed by atoms with Gasteiger partial charge in [-0.05, 0) is 75.6 Å². The van der Waals surface area contributed by atoms with Crippen LogP contribution in [-0.4, -0.2) is 33.4 Å². The zero-order chi connectivity index (χ0) is 20.6. The Morgan fingerprint density at radius 3 is 2.03 bits per heavy atom. The van der Waals surface area contributed by atoms with Crippen LogP contribution in [0.4, 0.5) is 0 Å². The summed E-state index contributed by atoms with van der Waals surface area (Å²) in [7, 11) is 2.00. The first kappa shape index (κ1) is 23.2. The highest BCUT2D eigenvalue weighted by molar-refractivity contribution is 5.29. The van der Waals surface area contributed by atoms with E-state index in [0.717, 1.165) is 57.1 Å². The van der Waals surface area contributed by atoms with Gasteiger partial charge in [-0.3, -0.25) is 0 Å². The molecule has 0 aliphatic carbocycles. The van der Waals surface area contributed by atoms with Crippen LogP contribution in [0.2, 0.25) is 0 Å². The molecule has 160 valence electrons. The maximum atomic E-state index is 5.90.